The molecule has 1 aromatic rings. The molecule has 17 heavy (non-hydrogen) atoms. The lowest BCUT2D eigenvalue weighted by Gasteiger charge is -2.45. The number of fused-ring (bicyclic) bond motifs is 1. The molecule has 3 rings (SSSR count). The van der Waals surface area contributed by atoms with Gasteiger partial charge in [0.15, 0.2) is 5.78 Å². The van der Waals surface area contributed by atoms with Crippen molar-refractivity contribution < 1.29 is 4.79 Å². The second kappa shape index (κ2) is 4.02. The van der Waals surface area contributed by atoms with Gasteiger partial charge in [0, 0.05) is 24.1 Å². The minimum Gasteiger partial charge on any atom is -0.361 e. The summed E-state index contributed by atoms with van der Waals surface area (Å²) >= 11 is 0. The maximum Gasteiger partial charge on any atom is 0.159 e. The van der Waals surface area contributed by atoms with Crippen molar-refractivity contribution in [2.45, 2.75) is 19.4 Å². The Balaban J connectivity index is 1.87. The highest BCUT2D eigenvalue weighted by Crippen LogP contribution is 2.43. The molecule has 0 unspecified atom stereocenters. The largest absolute Gasteiger partial charge is 0.361 e. The number of para-hydroxylation sites is 1. The van der Waals surface area contributed by atoms with Crippen molar-refractivity contribution in [1.29, 1.82) is 0 Å². The van der Waals surface area contributed by atoms with Gasteiger partial charge in [-0.15, -0.1) is 0 Å². The van der Waals surface area contributed by atoms with E-state index < -0.39 is 0 Å². The summed E-state index contributed by atoms with van der Waals surface area (Å²) in [7, 11) is 0. The number of nitrogens with zero attached hydrogens (tertiary/aromatic N) is 1. The van der Waals surface area contributed by atoms with Gasteiger partial charge in [0.05, 0.1) is 6.04 Å². The van der Waals surface area contributed by atoms with Crippen molar-refractivity contribution in [2.24, 2.45) is 11.8 Å². The smallest absolute Gasteiger partial charge is 0.159 e. The van der Waals surface area contributed by atoms with Crippen LogP contribution in [0, 0.1) is 11.8 Å². The Morgan fingerprint density at radius 2 is 2.06 bits per heavy atom. The number of benzene rings is 1. The first-order valence-corrected chi connectivity index (χ1v) is 6.35. The van der Waals surface area contributed by atoms with Gasteiger partial charge in [0.25, 0.3) is 0 Å². The number of ketones is 1. The van der Waals surface area contributed by atoms with Crippen LogP contribution in [0.4, 0.5) is 5.69 Å². The number of carbonyl (C=O) groups excluding carboxylic acids is 1. The first-order valence-electron chi connectivity index (χ1n) is 6.35. The minimum atomic E-state index is 0.0751. The number of anilines is 1. The predicted molar refractivity (Wildman–Crippen MR) is 69.0 cm³/mol. The number of carbonyl (C=O) groups is 1. The van der Waals surface area contributed by atoms with Gasteiger partial charge in [-0.2, -0.15) is 0 Å². The summed E-state index contributed by atoms with van der Waals surface area (Å²) in [6, 6.07) is 10.3. The molecular weight excluding hydrogens is 210 g/mol. The van der Waals surface area contributed by atoms with Gasteiger partial charge < -0.3 is 4.90 Å². The molecule has 0 radical (unpaired) electrons. The zero-order valence-corrected chi connectivity index (χ0v) is 10.0. The lowest BCUT2D eigenvalue weighted by Crippen LogP contribution is -2.59. The monoisotopic (exact) mass is 227 g/mol. The Labute approximate surface area is 102 Å². The molecule has 2 aliphatic rings. The molecule has 1 aromatic carbocycles. The lowest BCUT2D eigenvalue weighted by atomic mass is 9.69. The molecule has 0 aliphatic heterocycles. The average Bonchev–Trinajstić information content (AvgIpc) is 2.80. The number of hydrogen-bond donors (Lipinski definition) is 0. The van der Waals surface area contributed by atoms with Gasteiger partial charge in [0.1, 0.15) is 0 Å². The van der Waals surface area contributed by atoms with Crippen molar-refractivity contribution in [2.75, 3.05) is 11.4 Å². The van der Waals surface area contributed by atoms with Crippen molar-refractivity contribution in [3.63, 3.8) is 0 Å². The molecule has 3 atom stereocenters. The van der Waals surface area contributed by atoms with Crippen LogP contribution in [0.5, 0.6) is 0 Å². The van der Waals surface area contributed by atoms with Gasteiger partial charge in [-0.25, -0.2) is 0 Å². The zero-order chi connectivity index (χ0) is 11.8. The van der Waals surface area contributed by atoms with E-state index in [4.69, 9.17) is 0 Å². The van der Waals surface area contributed by atoms with Crippen LogP contribution in [0.25, 0.3) is 0 Å². The molecule has 0 saturated heterocycles. The average molecular weight is 227 g/mol. The topological polar surface area (TPSA) is 20.3 Å². The van der Waals surface area contributed by atoms with E-state index in [1.807, 2.05) is 18.2 Å². The standard InChI is InChI=1S/C15H17NO/c1-2-16(11-7-4-3-5-8-11)14-12-9-6-10-13(12)15(14)17/h3-9,12-14H,2,10H2,1H3/t12-,13+,14-/m1/s1. The third-order valence-electron chi connectivity index (χ3n) is 4.00. The zero-order valence-electron chi connectivity index (χ0n) is 10.0. The number of Topliss-reactive ketones (excluding diaryl/α,β-unsaturated/α-hetero) is 1. The van der Waals surface area contributed by atoms with Gasteiger partial charge in [-0.1, -0.05) is 30.4 Å². The molecule has 2 heteroatoms. The molecule has 1 saturated carbocycles. The molecule has 0 spiro atoms. The quantitative estimate of drug-likeness (QED) is 0.740. The van der Waals surface area contributed by atoms with Gasteiger partial charge in [-0.05, 0) is 25.5 Å². The van der Waals surface area contributed by atoms with E-state index in [0.717, 1.165) is 18.7 Å². The second-order valence-electron chi connectivity index (χ2n) is 4.82. The highest BCUT2D eigenvalue weighted by molar-refractivity contribution is 5.97. The molecular formula is C15H17NO. The highest BCUT2D eigenvalue weighted by Gasteiger charge is 2.51. The summed E-state index contributed by atoms with van der Waals surface area (Å²) in [4.78, 5) is 14.4. The number of rotatable bonds is 3. The molecule has 88 valence electrons. The van der Waals surface area contributed by atoms with Crippen molar-refractivity contribution in [3.05, 3.63) is 42.5 Å². The summed E-state index contributed by atoms with van der Waals surface area (Å²) in [6.45, 7) is 3.00. The van der Waals surface area contributed by atoms with Crippen molar-refractivity contribution in [1.82, 2.24) is 0 Å². The summed E-state index contributed by atoms with van der Waals surface area (Å²) < 4.78 is 0. The van der Waals surface area contributed by atoms with Crippen LogP contribution in [0.1, 0.15) is 13.3 Å². The molecule has 0 N–H and O–H groups in total. The van der Waals surface area contributed by atoms with E-state index in [2.05, 4.69) is 36.1 Å². The van der Waals surface area contributed by atoms with Crippen LogP contribution in [0.15, 0.2) is 42.5 Å². The Kier molecular flexibility index (Phi) is 2.50. The minimum absolute atomic E-state index is 0.0751. The Morgan fingerprint density at radius 1 is 1.29 bits per heavy atom. The summed E-state index contributed by atoms with van der Waals surface area (Å²) in [5.74, 6) is 1.14. The van der Waals surface area contributed by atoms with Gasteiger partial charge in [0.2, 0.25) is 0 Å². The maximum atomic E-state index is 12.1. The Bertz CT molecular complexity index is 451. The Hall–Kier alpha value is -1.57. The van der Waals surface area contributed by atoms with Gasteiger partial charge >= 0.3 is 0 Å². The fourth-order valence-electron chi connectivity index (χ4n) is 3.12. The third kappa shape index (κ3) is 1.51. The number of allylic oxidation sites excluding steroid dienone is 1. The number of likely N-dealkylation sites (N-methyl/N-ethyl adjacent to an activating group) is 1. The van der Waals surface area contributed by atoms with Crippen LogP contribution >= 0.6 is 0 Å². The molecule has 0 aromatic heterocycles. The van der Waals surface area contributed by atoms with Crippen LogP contribution in [-0.4, -0.2) is 18.4 Å². The second-order valence-corrected chi connectivity index (χ2v) is 4.82. The molecule has 0 bridgehead atoms. The van der Waals surface area contributed by atoms with E-state index >= 15 is 0 Å². The van der Waals surface area contributed by atoms with Crippen LogP contribution < -0.4 is 4.90 Å². The van der Waals surface area contributed by atoms with E-state index in [0.29, 0.717) is 11.7 Å². The molecule has 2 nitrogen and oxygen atoms in total. The maximum absolute atomic E-state index is 12.1. The molecule has 0 heterocycles. The van der Waals surface area contributed by atoms with E-state index in [-0.39, 0.29) is 12.0 Å². The fraction of sp³-hybridized carbons (Fsp3) is 0.400. The van der Waals surface area contributed by atoms with E-state index in [9.17, 15) is 4.79 Å². The third-order valence-corrected chi connectivity index (χ3v) is 4.00. The summed E-state index contributed by atoms with van der Waals surface area (Å²) in [5, 5.41) is 0. The highest BCUT2D eigenvalue weighted by atomic mass is 16.1. The van der Waals surface area contributed by atoms with Crippen molar-refractivity contribution in [3.8, 4) is 0 Å². The number of hydrogen-bond acceptors (Lipinski definition) is 2. The predicted octanol–water partition coefficient (Wildman–Crippen LogP) is 2.66. The summed E-state index contributed by atoms with van der Waals surface area (Å²) in [5.41, 5.74) is 1.16. The first kappa shape index (κ1) is 10.6. The normalized spacial score (nSPS) is 29.9. The van der Waals surface area contributed by atoms with Gasteiger partial charge in [-0.3, -0.25) is 4.79 Å². The molecule has 1 fully saturated rings. The molecule has 0 amide bonds. The SMILES string of the molecule is CCN(c1ccccc1)[C@H]1C(=O)[C@H]2CC=C[C@H]21. The fourth-order valence-corrected chi connectivity index (χ4v) is 3.12. The van der Waals surface area contributed by atoms with Crippen LogP contribution in [0.2, 0.25) is 0 Å². The van der Waals surface area contributed by atoms with E-state index in [1.54, 1.807) is 0 Å². The summed E-state index contributed by atoms with van der Waals surface area (Å²) in [6.07, 6.45) is 5.33. The van der Waals surface area contributed by atoms with E-state index in [1.165, 1.54) is 0 Å². The lowest BCUT2D eigenvalue weighted by molar-refractivity contribution is -0.134. The first-order chi connectivity index (χ1) is 8.33. The molecule has 2 aliphatic carbocycles. The Morgan fingerprint density at radius 3 is 2.76 bits per heavy atom. The van der Waals surface area contributed by atoms with Crippen LogP contribution in [-0.2, 0) is 4.79 Å². The van der Waals surface area contributed by atoms with Crippen LogP contribution in [0.3, 0.4) is 0 Å². The van der Waals surface area contributed by atoms with Crippen molar-refractivity contribution >= 4 is 11.5 Å².